The number of carbonyl (C=O) groups is 1. The second kappa shape index (κ2) is 7.46. The second-order valence-corrected chi connectivity index (χ2v) is 8.24. The van der Waals surface area contributed by atoms with Gasteiger partial charge in [-0.15, -0.1) is 0 Å². The Balaban J connectivity index is 1.23. The van der Waals surface area contributed by atoms with Gasteiger partial charge in [0.05, 0.1) is 0 Å². The van der Waals surface area contributed by atoms with Gasteiger partial charge in [-0.25, -0.2) is 0 Å². The van der Waals surface area contributed by atoms with Crippen molar-refractivity contribution in [2.75, 3.05) is 26.2 Å². The first-order valence-corrected chi connectivity index (χ1v) is 10.0. The highest BCUT2D eigenvalue weighted by Crippen LogP contribution is 2.58. The van der Waals surface area contributed by atoms with Crippen LogP contribution in [0.25, 0.3) is 0 Å². The molecule has 4 nitrogen and oxygen atoms in total. The van der Waals surface area contributed by atoms with E-state index in [2.05, 4.69) is 39.8 Å². The molecule has 0 bridgehead atoms. The topological polar surface area (TPSA) is 44.4 Å². The fourth-order valence-corrected chi connectivity index (χ4v) is 4.65. The van der Waals surface area contributed by atoms with E-state index in [4.69, 9.17) is 0 Å². The van der Waals surface area contributed by atoms with Crippen LogP contribution in [0.15, 0.2) is 24.3 Å². The molecule has 2 saturated heterocycles. The average molecular weight is 341 g/mol. The Morgan fingerprint density at radius 1 is 1.08 bits per heavy atom. The summed E-state index contributed by atoms with van der Waals surface area (Å²) >= 11 is 0. The molecule has 1 saturated carbocycles. The number of hydrogen-bond acceptors (Lipinski definition) is 3. The minimum atomic E-state index is 0.257. The molecule has 4 heteroatoms. The van der Waals surface area contributed by atoms with Crippen LogP contribution in [-0.2, 0) is 17.9 Å². The standard InChI is InChI=1S/C21H31N3O/c25-20(19-14-21(19)8-10-22-11-9-21)23-15-17-4-6-18(7-5-17)16-24-12-2-1-3-13-24/h4-7,19,22H,1-3,8-16H2,(H,23,25). The van der Waals surface area contributed by atoms with Crippen molar-refractivity contribution in [3.05, 3.63) is 35.4 Å². The SMILES string of the molecule is O=C(NCc1ccc(CN2CCCCC2)cc1)C1CC12CCNCC2. The molecule has 2 heterocycles. The molecule has 1 amide bonds. The summed E-state index contributed by atoms with van der Waals surface area (Å²) in [4.78, 5) is 15.0. The highest BCUT2D eigenvalue weighted by Gasteiger charge is 2.57. The Hall–Kier alpha value is -1.39. The van der Waals surface area contributed by atoms with Gasteiger partial charge in [0.15, 0.2) is 0 Å². The van der Waals surface area contributed by atoms with E-state index < -0.39 is 0 Å². The van der Waals surface area contributed by atoms with Crippen LogP contribution in [0.2, 0.25) is 0 Å². The highest BCUT2D eigenvalue weighted by molar-refractivity contribution is 5.82. The van der Waals surface area contributed by atoms with Crippen molar-refractivity contribution in [2.45, 2.75) is 51.6 Å². The Kier molecular flexibility index (Phi) is 5.09. The third-order valence-electron chi connectivity index (χ3n) is 6.45. The summed E-state index contributed by atoms with van der Waals surface area (Å²) in [6.45, 7) is 6.33. The molecule has 1 unspecified atom stereocenters. The molecule has 136 valence electrons. The van der Waals surface area contributed by atoms with Crippen molar-refractivity contribution in [1.82, 2.24) is 15.5 Å². The minimum Gasteiger partial charge on any atom is -0.352 e. The summed E-state index contributed by atoms with van der Waals surface area (Å²) < 4.78 is 0. The van der Waals surface area contributed by atoms with Crippen LogP contribution < -0.4 is 10.6 Å². The van der Waals surface area contributed by atoms with Gasteiger partial charge < -0.3 is 10.6 Å². The third-order valence-corrected chi connectivity index (χ3v) is 6.45. The quantitative estimate of drug-likeness (QED) is 0.865. The van der Waals surface area contributed by atoms with Crippen molar-refractivity contribution in [3.8, 4) is 0 Å². The lowest BCUT2D eigenvalue weighted by Crippen LogP contribution is -2.33. The van der Waals surface area contributed by atoms with Crippen LogP contribution in [0.1, 0.15) is 49.7 Å². The summed E-state index contributed by atoms with van der Waals surface area (Å²) in [6, 6.07) is 8.79. The van der Waals surface area contributed by atoms with Gasteiger partial charge in [0.2, 0.25) is 5.91 Å². The smallest absolute Gasteiger partial charge is 0.223 e. The van der Waals surface area contributed by atoms with E-state index in [0.717, 1.165) is 38.9 Å². The molecule has 1 aromatic carbocycles. The van der Waals surface area contributed by atoms with Crippen LogP contribution >= 0.6 is 0 Å². The van der Waals surface area contributed by atoms with Gasteiger partial charge >= 0.3 is 0 Å². The number of nitrogens with zero attached hydrogens (tertiary/aromatic N) is 1. The highest BCUT2D eigenvalue weighted by atomic mass is 16.2. The van der Waals surface area contributed by atoms with E-state index in [-0.39, 0.29) is 11.8 Å². The maximum Gasteiger partial charge on any atom is 0.223 e. The number of benzene rings is 1. The molecule has 0 radical (unpaired) electrons. The van der Waals surface area contributed by atoms with Crippen LogP contribution in [0.5, 0.6) is 0 Å². The van der Waals surface area contributed by atoms with Gasteiger partial charge in [-0.05, 0) is 74.8 Å². The number of rotatable bonds is 5. The zero-order chi connectivity index (χ0) is 17.1. The Morgan fingerprint density at radius 3 is 2.48 bits per heavy atom. The molecule has 2 N–H and O–H groups in total. The van der Waals surface area contributed by atoms with E-state index in [0.29, 0.717) is 12.0 Å². The largest absolute Gasteiger partial charge is 0.352 e. The van der Waals surface area contributed by atoms with E-state index in [1.807, 2.05) is 0 Å². The van der Waals surface area contributed by atoms with E-state index >= 15 is 0 Å². The van der Waals surface area contributed by atoms with Crippen LogP contribution in [-0.4, -0.2) is 37.0 Å². The molecule has 1 atom stereocenters. The zero-order valence-electron chi connectivity index (χ0n) is 15.2. The van der Waals surface area contributed by atoms with Gasteiger partial charge in [-0.1, -0.05) is 30.7 Å². The maximum atomic E-state index is 12.4. The maximum absolute atomic E-state index is 12.4. The molecule has 4 rings (SSSR count). The van der Waals surface area contributed by atoms with Crippen LogP contribution in [0, 0.1) is 11.3 Å². The fraction of sp³-hybridized carbons (Fsp3) is 0.667. The number of likely N-dealkylation sites (tertiary alicyclic amines) is 1. The number of amides is 1. The third kappa shape index (κ3) is 4.06. The first-order valence-electron chi connectivity index (χ1n) is 10.0. The summed E-state index contributed by atoms with van der Waals surface area (Å²) in [7, 11) is 0. The molecular formula is C21H31N3O. The second-order valence-electron chi connectivity index (χ2n) is 8.24. The molecular weight excluding hydrogens is 310 g/mol. The van der Waals surface area contributed by atoms with E-state index in [1.165, 1.54) is 43.5 Å². The van der Waals surface area contributed by atoms with E-state index in [9.17, 15) is 4.79 Å². The monoisotopic (exact) mass is 341 g/mol. The van der Waals surface area contributed by atoms with Crippen molar-refractivity contribution >= 4 is 5.91 Å². The first kappa shape index (κ1) is 17.0. The van der Waals surface area contributed by atoms with Crippen molar-refractivity contribution in [3.63, 3.8) is 0 Å². The predicted octanol–water partition coefficient (Wildman–Crippen LogP) is 2.68. The number of piperidine rings is 2. The molecule has 1 spiro atoms. The molecule has 3 aliphatic rings. The van der Waals surface area contributed by atoms with Gasteiger partial charge in [-0.2, -0.15) is 0 Å². The summed E-state index contributed by atoms with van der Waals surface area (Å²) in [5.74, 6) is 0.521. The van der Waals surface area contributed by atoms with E-state index in [1.54, 1.807) is 0 Å². The van der Waals surface area contributed by atoms with Gasteiger partial charge in [0.25, 0.3) is 0 Å². The van der Waals surface area contributed by atoms with Crippen LogP contribution in [0.4, 0.5) is 0 Å². The molecule has 1 aliphatic carbocycles. The molecule has 1 aromatic rings. The lowest BCUT2D eigenvalue weighted by molar-refractivity contribution is -0.123. The van der Waals surface area contributed by atoms with Crippen molar-refractivity contribution < 1.29 is 4.79 Å². The number of nitrogens with one attached hydrogen (secondary N) is 2. The van der Waals surface area contributed by atoms with Gasteiger partial charge in [-0.3, -0.25) is 9.69 Å². The fourth-order valence-electron chi connectivity index (χ4n) is 4.65. The van der Waals surface area contributed by atoms with Crippen molar-refractivity contribution in [1.29, 1.82) is 0 Å². The van der Waals surface area contributed by atoms with Gasteiger partial charge in [0, 0.05) is 19.0 Å². The average Bonchev–Trinajstić information content (AvgIpc) is 3.35. The normalized spacial score (nSPS) is 25.7. The zero-order valence-corrected chi connectivity index (χ0v) is 15.2. The molecule has 3 fully saturated rings. The lowest BCUT2D eigenvalue weighted by Gasteiger charge is -2.26. The van der Waals surface area contributed by atoms with Crippen LogP contribution in [0.3, 0.4) is 0 Å². The summed E-state index contributed by atoms with van der Waals surface area (Å²) in [6.07, 6.45) is 7.47. The number of carbonyl (C=O) groups excluding carboxylic acids is 1. The lowest BCUT2D eigenvalue weighted by atomic mass is 9.92. The summed E-state index contributed by atoms with van der Waals surface area (Å²) in [5, 5.41) is 6.56. The number of hydrogen-bond donors (Lipinski definition) is 2. The summed E-state index contributed by atoms with van der Waals surface area (Å²) in [5.41, 5.74) is 2.91. The molecule has 0 aromatic heterocycles. The Labute approximate surface area is 151 Å². The minimum absolute atomic E-state index is 0.257. The first-order chi connectivity index (χ1) is 12.3. The molecule has 2 aliphatic heterocycles. The predicted molar refractivity (Wildman–Crippen MR) is 100 cm³/mol. The Morgan fingerprint density at radius 2 is 1.76 bits per heavy atom. The molecule has 25 heavy (non-hydrogen) atoms. The van der Waals surface area contributed by atoms with Gasteiger partial charge in [0.1, 0.15) is 0 Å². The van der Waals surface area contributed by atoms with Crippen molar-refractivity contribution in [2.24, 2.45) is 11.3 Å². The Bertz CT molecular complexity index is 586.